The highest BCUT2D eigenvalue weighted by molar-refractivity contribution is 6.21. The van der Waals surface area contributed by atoms with Gasteiger partial charge in [0.25, 0.3) is 0 Å². The number of carbonyl (C=O) groups excluding carboxylic acids is 1. The maximum atomic E-state index is 11.7. The van der Waals surface area contributed by atoms with Crippen LogP contribution in [0, 0.1) is 5.92 Å². The Kier molecular flexibility index (Phi) is 7.72. The summed E-state index contributed by atoms with van der Waals surface area (Å²) < 4.78 is 11.3. The second-order valence-electron chi connectivity index (χ2n) is 5.79. The zero-order chi connectivity index (χ0) is 13.5. The minimum Gasteiger partial charge on any atom is -0.373 e. The normalized spacial score (nSPS) is 14.0. The zero-order valence-corrected chi connectivity index (χ0v) is 12.2. The first kappa shape index (κ1) is 16.7. The van der Waals surface area contributed by atoms with E-state index in [2.05, 4.69) is 13.8 Å². The highest BCUT2D eigenvalue weighted by Crippen LogP contribution is 2.10. The summed E-state index contributed by atoms with van der Waals surface area (Å²) in [5, 5.41) is 0. The minimum atomic E-state index is -0.405. The molecular formula is C13H27BO3. The molecule has 4 heteroatoms. The molecule has 1 atom stereocenters. The maximum Gasteiger partial charge on any atom is 0.156 e. The fraction of sp³-hybridized carbons (Fsp3) is 0.923. The van der Waals surface area contributed by atoms with E-state index >= 15 is 0 Å². The molecule has 0 N–H and O–H groups in total. The fourth-order valence-corrected chi connectivity index (χ4v) is 1.23. The largest absolute Gasteiger partial charge is 0.373 e. The Balaban J connectivity index is 4.11. The molecule has 0 saturated heterocycles. The van der Waals surface area contributed by atoms with Gasteiger partial charge in [-0.25, -0.2) is 0 Å². The molecule has 0 amide bonds. The average Bonchev–Trinajstić information content (AvgIpc) is 2.20. The summed E-state index contributed by atoms with van der Waals surface area (Å²) in [7, 11) is 1.86. The van der Waals surface area contributed by atoms with E-state index in [9.17, 15) is 4.79 Å². The summed E-state index contributed by atoms with van der Waals surface area (Å²) in [6.45, 7) is 11.2. The van der Waals surface area contributed by atoms with E-state index in [0.29, 0.717) is 25.5 Å². The quantitative estimate of drug-likeness (QED) is 0.609. The molecule has 1 unspecified atom stereocenters. The molecule has 0 aliphatic heterocycles. The van der Waals surface area contributed by atoms with E-state index in [-0.39, 0.29) is 11.4 Å². The van der Waals surface area contributed by atoms with Gasteiger partial charge in [-0.05, 0) is 39.4 Å². The van der Waals surface area contributed by atoms with E-state index in [0.717, 1.165) is 6.42 Å². The SMILES string of the molecule is BCC(=O)C(COC(C)(C)C)OCCC(C)C. The third-order valence-corrected chi connectivity index (χ3v) is 2.39. The molecule has 0 radical (unpaired) electrons. The van der Waals surface area contributed by atoms with Crippen LogP contribution in [0.2, 0.25) is 6.32 Å². The van der Waals surface area contributed by atoms with Gasteiger partial charge in [0.2, 0.25) is 0 Å². The summed E-state index contributed by atoms with van der Waals surface area (Å²) in [6.07, 6.45) is 1.07. The highest BCUT2D eigenvalue weighted by atomic mass is 16.5. The summed E-state index contributed by atoms with van der Waals surface area (Å²) in [4.78, 5) is 11.7. The van der Waals surface area contributed by atoms with Crippen LogP contribution in [0.3, 0.4) is 0 Å². The number of carbonyl (C=O) groups is 1. The first-order valence-electron chi connectivity index (χ1n) is 6.54. The molecule has 0 aliphatic carbocycles. The third kappa shape index (κ3) is 9.36. The van der Waals surface area contributed by atoms with E-state index in [4.69, 9.17) is 9.47 Å². The smallest absolute Gasteiger partial charge is 0.156 e. The molecule has 0 fully saturated rings. The Morgan fingerprint density at radius 1 is 1.29 bits per heavy atom. The van der Waals surface area contributed by atoms with Crippen molar-refractivity contribution in [2.75, 3.05) is 13.2 Å². The van der Waals surface area contributed by atoms with Gasteiger partial charge in [-0.2, -0.15) is 0 Å². The highest BCUT2D eigenvalue weighted by Gasteiger charge is 2.21. The predicted molar refractivity (Wildman–Crippen MR) is 73.3 cm³/mol. The standard InChI is InChI=1S/C13H27BO3/c1-10(2)6-7-16-12(11(15)8-14)9-17-13(3,4)5/h10,12H,6-9,14H2,1-5H3. The Hall–Kier alpha value is -0.345. The molecule has 0 saturated carbocycles. The molecule has 17 heavy (non-hydrogen) atoms. The Morgan fingerprint density at radius 2 is 1.88 bits per heavy atom. The van der Waals surface area contributed by atoms with Crippen LogP contribution in [0.1, 0.15) is 41.0 Å². The lowest BCUT2D eigenvalue weighted by molar-refractivity contribution is -0.137. The average molecular weight is 242 g/mol. The van der Waals surface area contributed by atoms with Crippen LogP contribution < -0.4 is 0 Å². The lowest BCUT2D eigenvalue weighted by Gasteiger charge is -2.24. The Labute approximate surface area is 107 Å². The van der Waals surface area contributed by atoms with E-state index in [1.54, 1.807) is 0 Å². The number of Topliss-reactive ketones (excluding diaryl/α,β-unsaturated/α-hetero) is 1. The first-order valence-corrected chi connectivity index (χ1v) is 6.54. The Morgan fingerprint density at radius 3 is 2.29 bits per heavy atom. The molecule has 0 aromatic rings. The molecule has 100 valence electrons. The predicted octanol–water partition coefficient (Wildman–Crippen LogP) is 1.85. The van der Waals surface area contributed by atoms with Gasteiger partial charge in [-0.3, -0.25) is 4.79 Å². The summed E-state index contributed by atoms with van der Waals surface area (Å²) >= 11 is 0. The van der Waals surface area contributed by atoms with Gasteiger partial charge in [0.1, 0.15) is 14.0 Å². The van der Waals surface area contributed by atoms with Gasteiger partial charge in [0.05, 0.1) is 12.2 Å². The monoisotopic (exact) mass is 242 g/mol. The van der Waals surface area contributed by atoms with Crippen molar-refractivity contribution in [2.24, 2.45) is 5.92 Å². The van der Waals surface area contributed by atoms with E-state index in [1.807, 2.05) is 28.6 Å². The van der Waals surface area contributed by atoms with Crippen LogP contribution in [0.5, 0.6) is 0 Å². The summed E-state index contributed by atoms with van der Waals surface area (Å²) in [6, 6.07) is 0. The van der Waals surface area contributed by atoms with Crippen LogP contribution in [0.25, 0.3) is 0 Å². The van der Waals surface area contributed by atoms with Crippen molar-refractivity contribution >= 4 is 13.6 Å². The number of hydrogen-bond donors (Lipinski definition) is 0. The molecule has 0 aromatic heterocycles. The number of ketones is 1. The van der Waals surface area contributed by atoms with Crippen LogP contribution in [-0.4, -0.2) is 38.5 Å². The number of hydrogen-bond acceptors (Lipinski definition) is 3. The fourth-order valence-electron chi connectivity index (χ4n) is 1.23. The zero-order valence-electron chi connectivity index (χ0n) is 12.2. The van der Waals surface area contributed by atoms with Crippen molar-refractivity contribution < 1.29 is 14.3 Å². The van der Waals surface area contributed by atoms with Crippen LogP contribution in [-0.2, 0) is 14.3 Å². The molecule has 0 rings (SSSR count). The van der Waals surface area contributed by atoms with Crippen molar-refractivity contribution in [3.63, 3.8) is 0 Å². The second kappa shape index (κ2) is 7.88. The number of rotatable bonds is 8. The molecule has 0 aromatic carbocycles. The number of ether oxygens (including phenoxy) is 2. The van der Waals surface area contributed by atoms with Crippen molar-refractivity contribution in [3.8, 4) is 0 Å². The van der Waals surface area contributed by atoms with Crippen molar-refractivity contribution in [2.45, 2.75) is 59.1 Å². The molecule has 0 heterocycles. The van der Waals surface area contributed by atoms with Gasteiger partial charge in [-0.1, -0.05) is 13.8 Å². The first-order chi connectivity index (χ1) is 7.76. The van der Waals surface area contributed by atoms with Crippen molar-refractivity contribution in [1.82, 2.24) is 0 Å². The van der Waals surface area contributed by atoms with Crippen LogP contribution >= 0.6 is 0 Å². The topological polar surface area (TPSA) is 35.5 Å². The van der Waals surface area contributed by atoms with Crippen molar-refractivity contribution in [1.29, 1.82) is 0 Å². The van der Waals surface area contributed by atoms with E-state index < -0.39 is 6.10 Å². The summed E-state index contributed by atoms with van der Waals surface area (Å²) in [5.74, 6) is 0.717. The molecular weight excluding hydrogens is 215 g/mol. The maximum absolute atomic E-state index is 11.7. The van der Waals surface area contributed by atoms with Gasteiger partial charge in [-0.15, -0.1) is 0 Å². The lowest BCUT2D eigenvalue weighted by Crippen LogP contribution is -2.34. The summed E-state index contributed by atoms with van der Waals surface area (Å²) in [5.41, 5.74) is -0.228. The van der Waals surface area contributed by atoms with E-state index in [1.165, 1.54) is 0 Å². The minimum absolute atomic E-state index is 0.123. The van der Waals surface area contributed by atoms with Gasteiger partial charge in [0, 0.05) is 6.61 Å². The molecule has 0 aliphatic rings. The van der Waals surface area contributed by atoms with Gasteiger partial charge < -0.3 is 9.47 Å². The van der Waals surface area contributed by atoms with Gasteiger partial charge >= 0.3 is 0 Å². The molecule has 0 spiro atoms. The second-order valence-corrected chi connectivity index (χ2v) is 5.79. The van der Waals surface area contributed by atoms with Gasteiger partial charge in [0.15, 0.2) is 5.78 Å². The molecule has 0 bridgehead atoms. The Bertz CT molecular complexity index is 221. The lowest BCUT2D eigenvalue weighted by atomic mass is 9.97. The van der Waals surface area contributed by atoms with Crippen LogP contribution in [0.15, 0.2) is 0 Å². The molecule has 3 nitrogen and oxygen atoms in total. The van der Waals surface area contributed by atoms with Crippen molar-refractivity contribution in [3.05, 3.63) is 0 Å². The van der Waals surface area contributed by atoms with Crippen LogP contribution in [0.4, 0.5) is 0 Å². The third-order valence-electron chi connectivity index (χ3n) is 2.39.